The van der Waals surface area contributed by atoms with Crippen LogP contribution in [0.5, 0.6) is 11.5 Å². The van der Waals surface area contributed by atoms with E-state index in [-0.39, 0.29) is 17.9 Å². The first kappa shape index (κ1) is 25.0. The third kappa shape index (κ3) is 7.44. The Bertz CT molecular complexity index is 1230. The number of nitriles is 1. The van der Waals surface area contributed by atoms with Crippen molar-refractivity contribution in [3.05, 3.63) is 105 Å². The van der Waals surface area contributed by atoms with Crippen molar-refractivity contribution in [3.8, 4) is 17.6 Å². The number of rotatable bonds is 11. The molecule has 178 valence electrons. The van der Waals surface area contributed by atoms with Gasteiger partial charge in [-0.15, -0.1) is 0 Å². The van der Waals surface area contributed by atoms with Crippen molar-refractivity contribution in [3.63, 3.8) is 0 Å². The summed E-state index contributed by atoms with van der Waals surface area (Å²) in [6.07, 6.45) is 2.17. The fourth-order valence-corrected chi connectivity index (χ4v) is 3.25. The number of non-ortho nitro benzene ring substituents is 1. The molecule has 1 amide bonds. The first-order chi connectivity index (χ1) is 17.0. The third-order valence-electron chi connectivity index (χ3n) is 5.03. The monoisotopic (exact) mass is 471 g/mol. The van der Waals surface area contributed by atoms with E-state index in [1.54, 1.807) is 30.3 Å². The first-order valence-corrected chi connectivity index (χ1v) is 11.1. The van der Waals surface area contributed by atoms with Gasteiger partial charge >= 0.3 is 0 Å². The van der Waals surface area contributed by atoms with Gasteiger partial charge in [-0.25, -0.2) is 0 Å². The minimum absolute atomic E-state index is 0.0114. The molecular weight excluding hydrogens is 446 g/mol. The number of ether oxygens (including phenoxy) is 2. The second kappa shape index (κ2) is 12.6. The highest BCUT2D eigenvalue weighted by molar-refractivity contribution is 6.01. The number of hydrogen-bond acceptors (Lipinski definition) is 6. The van der Waals surface area contributed by atoms with Gasteiger partial charge in [0.05, 0.1) is 11.5 Å². The lowest BCUT2D eigenvalue weighted by molar-refractivity contribution is -0.384. The van der Waals surface area contributed by atoms with Crippen molar-refractivity contribution < 1.29 is 19.2 Å². The van der Waals surface area contributed by atoms with Gasteiger partial charge in [0.1, 0.15) is 18.2 Å². The van der Waals surface area contributed by atoms with E-state index in [9.17, 15) is 20.2 Å². The Labute approximate surface area is 203 Å². The van der Waals surface area contributed by atoms with E-state index >= 15 is 0 Å². The molecule has 0 fully saturated rings. The van der Waals surface area contributed by atoms with Gasteiger partial charge in [0.2, 0.25) is 0 Å². The quantitative estimate of drug-likeness (QED) is 0.185. The Kier molecular flexibility index (Phi) is 8.97. The topological polar surface area (TPSA) is 114 Å². The maximum Gasteiger partial charge on any atom is 0.269 e. The van der Waals surface area contributed by atoms with Crippen LogP contribution in [0.1, 0.15) is 23.6 Å². The molecule has 0 bridgehead atoms. The molecule has 0 saturated heterocycles. The number of nitrogens with zero attached hydrogens (tertiary/aromatic N) is 2. The summed E-state index contributed by atoms with van der Waals surface area (Å²) in [5, 5.41) is 23.1. The fourth-order valence-electron chi connectivity index (χ4n) is 3.25. The Morgan fingerprint density at radius 3 is 2.43 bits per heavy atom. The molecular formula is C27H25N3O5. The molecule has 0 heterocycles. The molecule has 8 nitrogen and oxygen atoms in total. The van der Waals surface area contributed by atoms with Crippen LogP contribution in [0.15, 0.2) is 78.4 Å². The normalized spacial score (nSPS) is 10.8. The lowest BCUT2D eigenvalue weighted by Gasteiger charge is -2.13. The molecule has 0 radical (unpaired) electrons. The third-order valence-corrected chi connectivity index (χ3v) is 5.03. The Morgan fingerprint density at radius 2 is 1.77 bits per heavy atom. The number of nitrogens with one attached hydrogen (secondary N) is 1. The molecule has 3 rings (SSSR count). The molecule has 3 aromatic rings. The van der Waals surface area contributed by atoms with Gasteiger partial charge in [0, 0.05) is 18.7 Å². The lowest BCUT2D eigenvalue weighted by Crippen LogP contribution is -2.26. The van der Waals surface area contributed by atoms with Gasteiger partial charge in [-0.2, -0.15) is 5.26 Å². The lowest BCUT2D eigenvalue weighted by atomic mass is 10.1. The van der Waals surface area contributed by atoms with Crippen LogP contribution in [0.3, 0.4) is 0 Å². The van der Waals surface area contributed by atoms with Crippen LogP contribution >= 0.6 is 0 Å². The summed E-state index contributed by atoms with van der Waals surface area (Å²) in [5.74, 6) is 0.498. The number of nitro groups is 1. The maximum atomic E-state index is 12.5. The zero-order chi connectivity index (χ0) is 25.0. The molecule has 0 aliphatic carbocycles. The standard InChI is InChI=1S/C27H25N3O5/c1-2-34-26-17-22(10-13-25(26)35-19-21-8-11-24(12-9-21)30(32)33)16-23(18-28)27(31)29-15-14-20-6-4-3-5-7-20/h3-13,16-17H,2,14-15,19H2,1H3,(H,29,31)/b23-16+. The Balaban J connectivity index is 1.66. The average molecular weight is 472 g/mol. The Morgan fingerprint density at radius 1 is 1.03 bits per heavy atom. The average Bonchev–Trinajstić information content (AvgIpc) is 2.87. The second-order valence-corrected chi connectivity index (χ2v) is 7.51. The van der Waals surface area contributed by atoms with E-state index in [1.807, 2.05) is 43.3 Å². The number of carbonyl (C=O) groups is 1. The summed E-state index contributed by atoms with van der Waals surface area (Å²) in [6, 6.07) is 22.9. The smallest absolute Gasteiger partial charge is 0.269 e. The van der Waals surface area contributed by atoms with Crippen LogP contribution in [0, 0.1) is 21.4 Å². The molecule has 8 heteroatoms. The van der Waals surface area contributed by atoms with E-state index in [0.29, 0.717) is 36.6 Å². The van der Waals surface area contributed by atoms with Gasteiger partial charge in [0.15, 0.2) is 11.5 Å². The predicted molar refractivity (Wildman–Crippen MR) is 132 cm³/mol. The zero-order valence-electron chi connectivity index (χ0n) is 19.3. The molecule has 1 N–H and O–H groups in total. The second-order valence-electron chi connectivity index (χ2n) is 7.51. The van der Waals surface area contributed by atoms with E-state index in [4.69, 9.17) is 9.47 Å². The van der Waals surface area contributed by atoms with Crippen LogP contribution in [0.25, 0.3) is 6.08 Å². The van der Waals surface area contributed by atoms with Crippen molar-refractivity contribution in [2.24, 2.45) is 0 Å². The predicted octanol–water partition coefficient (Wildman–Crippen LogP) is 4.84. The number of nitro benzene ring substituents is 1. The van der Waals surface area contributed by atoms with Gasteiger partial charge < -0.3 is 14.8 Å². The molecule has 0 unspecified atom stereocenters. The number of amides is 1. The fraction of sp³-hybridized carbons (Fsp3) is 0.185. The summed E-state index contributed by atoms with van der Waals surface area (Å²) >= 11 is 0. The molecule has 0 aliphatic rings. The number of carbonyl (C=O) groups excluding carboxylic acids is 1. The van der Waals surface area contributed by atoms with Crippen molar-refractivity contribution in [1.82, 2.24) is 5.32 Å². The van der Waals surface area contributed by atoms with Crippen LogP contribution in [-0.4, -0.2) is 24.0 Å². The summed E-state index contributed by atoms with van der Waals surface area (Å²) in [5.41, 5.74) is 2.48. The van der Waals surface area contributed by atoms with Crippen molar-refractivity contribution in [2.45, 2.75) is 20.0 Å². The van der Waals surface area contributed by atoms with Crippen LogP contribution in [0.2, 0.25) is 0 Å². The highest BCUT2D eigenvalue weighted by atomic mass is 16.6. The van der Waals surface area contributed by atoms with Crippen LogP contribution in [-0.2, 0) is 17.8 Å². The minimum atomic E-state index is -0.455. The molecule has 0 atom stereocenters. The summed E-state index contributed by atoms with van der Waals surface area (Å²) in [6.45, 7) is 2.84. The molecule has 0 saturated carbocycles. The minimum Gasteiger partial charge on any atom is -0.490 e. The van der Waals surface area contributed by atoms with Crippen molar-refractivity contribution >= 4 is 17.7 Å². The van der Waals surface area contributed by atoms with Gasteiger partial charge in [0.25, 0.3) is 11.6 Å². The highest BCUT2D eigenvalue weighted by Crippen LogP contribution is 2.30. The van der Waals surface area contributed by atoms with Crippen molar-refractivity contribution in [1.29, 1.82) is 5.26 Å². The van der Waals surface area contributed by atoms with E-state index in [0.717, 1.165) is 11.1 Å². The van der Waals surface area contributed by atoms with Crippen LogP contribution in [0.4, 0.5) is 5.69 Å². The largest absolute Gasteiger partial charge is 0.490 e. The van der Waals surface area contributed by atoms with Gasteiger partial charge in [-0.3, -0.25) is 14.9 Å². The Hall–Kier alpha value is -4.64. The molecule has 0 aliphatic heterocycles. The highest BCUT2D eigenvalue weighted by Gasteiger charge is 2.12. The summed E-state index contributed by atoms with van der Waals surface area (Å²) in [7, 11) is 0. The maximum absolute atomic E-state index is 12.5. The van der Waals surface area contributed by atoms with Crippen LogP contribution < -0.4 is 14.8 Å². The van der Waals surface area contributed by atoms with E-state index < -0.39 is 10.8 Å². The van der Waals surface area contributed by atoms with E-state index in [2.05, 4.69) is 5.32 Å². The first-order valence-electron chi connectivity index (χ1n) is 11.1. The SMILES string of the molecule is CCOc1cc(/C=C(\C#N)C(=O)NCCc2ccccc2)ccc1OCc1ccc([N+](=O)[O-])cc1. The van der Waals surface area contributed by atoms with Gasteiger partial charge in [-0.05, 0) is 60.4 Å². The number of hydrogen-bond donors (Lipinski definition) is 1. The van der Waals surface area contributed by atoms with E-state index in [1.165, 1.54) is 18.2 Å². The molecule has 3 aromatic carbocycles. The molecule has 0 spiro atoms. The zero-order valence-corrected chi connectivity index (χ0v) is 19.3. The van der Waals surface area contributed by atoms with Crippen molar-refractivity contribution in [2.75, 3.05) is 13.2 Å². The molecule has 0 aromatic heterocycles. The molecule has 35 heavy (non-hydrogen) atoms. The van der Waals surface area contributed by atoms with Gasteiger partial charge in [-0.1, -0.05) is 36.4 Å². The summed E-state index contributed by atoms with van der Waals surface area (Å²) < 4.78 is 11.5. The number of benzene rings is 3. The summed E-state index contributed by atoms with van der Waals surface area (Å²) in [4.78, 5) is 22.8.